The van der Waals surface area contributed by atoms with Crippen LogP contribution in [0.2, 0.25) is 0 Å². The Kier molecular flexibility index (Phi) is 39.9. The zero-order valence-electron chi connectivity index (χ0n) is 9.69. The summed E-state index contributed by atoms with van der Waals surface area (Å²) < 4.78 is 8.37. The first kappa shape index (κ1) is 37.8. The van der Waals surface area contributed by atoms with Crippen molar-refractivity contribution in [3.8, 4) is 0 Å². The molecule has 0 saturated heterocycles. The van der Waals surface area contributed by atoms with E-state index >= 15 is 0 Å². The van der Waals surface area contributed by atoms with Crippen molar-refractivity contribution in [2.45, 2.75) is 0 Å². The first-order valence-corrected chi connectivity index (χ1v) is 141. The zero-order chi connectivity index (χ0) is 19.4. The van der Waals surface area contributed by atoms with Crippen LogP contribution in [0.25, 0.3) is 0 Å². The molecule has 0 amide bonds. The topological polar surface area (TPSA) is 0 Å². The molecule has 0 rings (SSSR count). The third kappa shape index (κ3) is 17.5. The van der Waals surface area contributed by atoms with Crippen LogP contribution in [-0.2, 0) is 0 Å². The van der Waals surface area contributed by atoms with Crippen molar-refractivity contribution in [1.29, 1.82) is 0.594 Å². The van der Waals surface area contributed by atoms with Gasteiger partial charge in [0.15, 0.2) is 0 Å². The Morgan fingerprint density at radius 2 is 0.739 bits per heavy atom. The minimum absolute atomic E-state index is 0.432. The quantitative estimate of drug-likeness (QED) is 0.191. The Morgan fingerprint density at radius 1 is 0.478 bits per heavy atom. The van der Waals surface area contributed by atoms with Gasteiger partial charge in [0, 0.05) is 0 Å². The van der Waals surface area contributed by atoms with Gasteiger partial charge in [0.05, 0.1) is 0 Å². The van der Waals surface area contributed by atoms with Gasteiger partial charge in [-0.1, -0.05) is 0 Å². The molecule has 0 saturated carbocycles. The van der Waals surface area contributed by atoms with Crippen LogP contribution in [0.15, 0.2) is 0 Å². The van der Waals surface area contributed by atoms with E-state index in [1.807, 2.05) is 0 Å². The van der Waals surface area contributed by atoms with Crippen molar-refractivity contribution in [1.82, 2.24) is 0 Å². The van der Waals surface area contributed by atoms with E-state index < -0.39 is 92.0 Å². The Balaban J connectivity index is 4.95. The molecule has 0 heterocycles. The van der Waals surface area contributed by atoms with E-state index in [9.17, 15) is 0 Å². The average Bonchev–Trinajstić information content (AvgIpc) is 2.55. The number of halogens is 23. The van der Waals surface area contributed by atoms with Crippen molar-refractivity contribution in [3.63, 3.8) is 0 Å². The standard InChI is InChI=1S/HI23/c1-13-15(4)17(6)19(8)21(10)23(12)22(11)20(9)18(7)16(5)14(2)3/h13H/i13D. The number of hydrogen-bond acceptors (Lipinski definition) is 0. The van der Waals surface area contributed by atoms with Crippen LogP contribution >= 0.6 is 315 Å². The summed E-state index contributed by atoms with van der Waals surface area (Å²) in [5.41, 5.74) is 0. The van der Waals surface area contributed by atoms with Crippen LogP contribution in [-0.4, -0.2) is 0.594 Å². The molecule has 0 aliphatic carbocycles. The van der Waals surface area contributed by atoms with Gasteiger partial charge in [0.2, 0.25) is 0 Å². The summed E-state index contributed by atoms with van der Waals surface area (Å²) in [6, 6.07) is 0. The van der Waals surface area contributed by atoms with Crippen molar-refractivity contribution in [2.75, 3.05) is 0 Å². The fourth-order valence-corrected chi connectivity index (χ4v) is 3560. The Hall–Kier alpha value is 16.8. The molecule has 0 aliphatic rings. The molecular weight excluding hydrogens is 2920 g/mol. The summed E-state index contributed by atoms with van der Waals surface area (Å²) in [4.78, 5) is 0. The van der Waals surface area contributed by atoms with E-state index in [2.05, 4.69) is 223 Å². The van der Waals surface area contributed by atoms with Crippen LogP contribution in [0.3, 0.4) is 0 Å². The van der Waals surface area contributed by atoms with E-state index in [1.54, 1.807) is 0 Å². The number of hydrogen-bond donors (Lipinski definition) is 0. The van der Waals surface area contributed by atoms with Crippen molar-refractivity contribution < 1.29 is 0 Å². The molecule has 0 fully saturated rings. The molecule has 0 radical (unpaired) electrons. The summed E-state index contributed by atoms with van der Waals surface area (Å²) >= 11 is 35.1. The first-order chi connectivity index (χ1) is 10.8. The fraction of sp³-hybridized carbons (Fsp3) is 0. The zero-order valence-corrected chi connectivity index (χ0v) is 58.3. The second kappa shape index (κ2) is 24.3. The van der Waals surface area contributed by atoms with Crippen LogP contribution in [0.5, 0.6) is 0 Å². The fourth-order valence-electron chi connectivity index (χ4n) is 0.262. The van der Waals surface area contributed by atoms with Gasteiger partial charge in [0.1, 0.15) is 0 Å². The third-order valence-corrected chi connectivity index (χ3v) is 1570. The van der Waals surface area contributed by atoms with Gasteiger partial charge >= 0.3 is 316 Å². The van der Waals surface area contributed by atoms with Gasteiger partial charge in [-0.25, -0.2) is 0 Å². The summed E-state index contributed by atoms with van der Waals surface area (Å²) in [6.07, 6.45) is 0. The molecule has 23 heavy (non-hydrogen) atoms. The third-order valence-electron chi connectivity index (χ3n) is 0.776. The Morgan fingerprint density at radius 3 is 1.00 bits per heavy atom. The maximum atomic E-state index is 8.37. The van der Waals surface area contributed by atoms with Crippen LogP contribution in [0.4, 0.5) is 0 Å². The summed E-state index contributed by atoms with van der Waals surface area (Å²) in [5.74, 6) is 0. The van der Waals surface area contributed by atoms with E-state index in [0.717, 1.165) is 0 Å². The molecular formula is HI23. The summed E-state index contributed by atoms with van der Waals surface area (Å²) in [5, 5.41) is 0. The minimum atomic E-state index is -1.17. The summed E-state index contributed by atoms with van der Waals surface area (Å²) in [6.45, 7) is 0. The molecule has 162 valence electrons. The van der Waals surface area contributed by atoms with Crippen molar-refractivity contribution >= 4 is 315 Å². The molecule has 0 atom stereocenters. The van der Waals surface area contributed by atoms with Crippen LogP contribution in [0, 0.1) is 0 Å². The Bertz CT molecular complexity index is 303. The maximum absolute atomic E-state index is 8.37. The van der Waals surface area contributed by atoms with E-state index in [1.165, 1.54) is 0 Å². The molecule has 0 N–H and O–H groups in total. The van der Waals surface area contributed by atoms with E-state index in [4.69, 9.17) is 0.594 Å². The van der Waals surface area contributed by atoms with E-state index in [-0.39, 0.29) is 0 Å². The van der Waals surface area contributed by atoms with Gasteiger partial charge in [0.25, 0.3) is 0 Å². The second-order valence-electron chi connectivity index (χ2n) is 1.67. The molecule has 0 unspecified atom stereocenters. The Labute approximate surface area is 298 Å². The van der Waals surface area contributed by atoms with Gasteiger partial charge in [-0.15, -0.1) is 0 Å². The molecule has 0 spiro atoms. The predicted octanol–water partition coefficient (Wildman–Crippen LogP) is 20.1. The van der Waals surface area contributed by atoms with Gasteiger partial charge in [-0.2, -0.15) is 0 Å². The molecule has 0 nitrogen and oxygen atoms in total. The number of rotatable bonds is 10. The normalized spacial score (nSPS) is 19.0. The summed E-state index contributed by atoms with van der Waals surface area (Å²) in [7, 11) is -5.21. The molecule has 23 heteroatoms. The van der Waals surface area contributed by atoms with Gasteiger partial charge in [-0.05, 0) is 0 Å². The molecule has 0 aromatic rings. The van der Waals surface area contributed by atoms with Crippen LogP contribution < -0.4 is 0 Å². The SMILES string of the molecule is [2H]I(I)I(I)I(I)I(I)I(I)I(I)I(I)I(I)I(I)I(I)I(I)I. The van der Waals surface area contributed by atoms with Crippen molar-refractivity contribution in [3.05, 3.63) is 0 Å². The first-order valence-electron chi connectivity index (χ1n) is 3.52. The average molecular weight is 2920 g/mol. The van der Waals surface area contributed by atoms with Gasteiger partial charge in [-0.3, -0.25) is 0 Å². The van der Waals surface area contributed by atoms with Crippen LogP contribution in [0.1, 0.15) is 0 Å². The molecule has 0 aliphatic heterocycles. The molecule has 0 aromatic heterocycles. The second-order valence-corrected chi connectivity index (χ2v) is 505. The van der Waals surface area contributed by atoms with Crippen molar-refractivity contribution in [2.24, 2.45) is 0 Å². The predicted molar refractivity (Wildman–Crippen MR) is 324 cm³/mol. The molecule has 0 bridgehead atoms. The molecule has 0 aromatic carbocycles. The monoisotopic (exact) mass is 2920 g/mol. The van der Waals surface area contributed by atoms with E-state index in [0.29, 0.717) is 0 Å². The van der Waals surface area contributed by atoms with Gasteiger partial charge < -0.3 is 0 Å².